The van der Waals surface area contributed by atoms with E-state index in [1.165, 1.54) is 0 Å². The largest absolute Gasteiger partial charge is 0.493 e. The van der Waals surface area contributed by atoms with Crippen LogP contribution in [0.2, 0.25) is 0 Å². The predicted molar refractivity (Wildman–Crippen MR) is 121 cm³/mol. The number of benzene rings is 2. The second-order valence-corrected chi connectivity index (χ2v) is 7.60. The van der Waals surface area contributed by atoms with Crippen LogP contribution in [0.25, 0.3) is 6.08 Å². The van der Waals surface area contributed by atoms with Gasteiger partial charge in [-0.15, -0.1) is 0 Å². The number of carbonyl (C=O) groups is 1. The predicted octanol–water partition coefficient (Wildman–Crippen LogP) is 4.11. The van der Waals surface area contributed by atoms with Gasteiger partial charge in [0.2, 0.25) is 0 Å². The average molecular weight is 470 g/mol. The molecular weight excluding hydrogens is 446 g/mol. The normalized spacial score (nSPS) is 14.3. The summed E-state index contributed by atoms with van der Waals surface area (Å²) < 4.78 is 11.7. The van der Waals surface area contributed by atoms with Crippen molar-refractivity contribution in [3.05, 3.63) is 58.1 Å². The summed E-state index contributed by atoms with van der Waals surface area (Å²) in [7, 11) is 1.56. The van der Waals surface area contributed by atoms with Crippen LogP contribution < -0.4 is 14.4 Å². The van der Waals surface area contributed by atoms with E-state index in [0.29, 0.717) is 36.8 Å². The first-order chi connectivity index (χ1) is 14.6. The first-order valence-corrected chi connectivity index (χ1v) is 10.6. The number of rotatable bonds is 6. The van der Waals surface area contributed by atoms with E-state index >= 15 is 0 Å². The summed E-state index contributed by atoms with van der Waals surface area (Å²) in [5.41, 5.74) is 1.92. The lowest BCUT2D eigenvalue weighted by atomic mass is 10.1. The van der Waals surface area contributed by atoms with Crippen LogP contribution in [0.1, 0.15) is 12.5 Å². The molecule has 0 saturated carbocycles. The fraction of sp³-hybridized carbons (Fsp3) is 0.304. The third kappa shape index (κ3) is 4.95. The molecule has 1 aliphatic heterocycles. The Labute approximate surface area is 185 Å². The lowest BCUT2D eigenvalue weighted by Gasteiger charge is -2.36. The van der Waals surface area contributed by atoms with Gasteiger partial charge in [-0.3, -0.25) is 4.79 Å². The van der Waals surface area contributed by atoms with Crippen LogP contribution in [-0.4, -0.2) is 50.7 Å². The number of para-hydroxylation sites is 1. The molecule has 30 heavy (non-hydrogen) atoms. The highest BCUT2D eigenvalue weighted by Crippen LogP contribution is 2.34. The number of nitriles is 1. The zero-order valence-corrected chi connectivity index (χ0v) is 18.7. The van der Waals surface area contributed by atoms with Crippen molar-refractivity contribution in [1.29, 1.82) is 5.26 Å². The monoisotopic (exact) mass is 469 g/mol. The van der Waals surface area contributed by atoms with Gasteiger partial charge in [0.1, 0.15) is 11.6 Å². The molecule has 2 aromatic rings. The highest BCUT2D eigenvalue weighted by molar-refractivity contribution is 9.10. The van der Waals surface area contributed by atoms with Crippen LogP contribution in [0.5, 0.6) is 11.5 Å². The molecule has 0 unspecified atom stereocenters. The number of ether oxygens (including phenoxy) is 2. The maximum absolute atomic E-state index is 13.0. The number of anilines is 1. The van der Waals surface area contributed by atoms with Crippen molar-refractivity contribution in [3.8, 4) is 17.6 Å². The second kappa shape index (κ2) is 10.2. The van der Waals surface area contributed by atoms with E-state index in [2.05, 4.69) is 39.0 Å². The molecule has 0 N–H and O–H groups in total. The maximum Gasteiger partial charge on any atom is 0.264 e. The molecule has 1 fully saturated rings. The number of hydrogen-bond acceptors (Lipinski definition) is 5. The van der Waals surface area contributed by atoms with Crippen LogP contribution in [0.15, 0.2) is 52.5 Å². The van der Waals surface area contributed by atoms with Crippen LogP contribution >= 0.6 is 15.9 Å². The lowest BCUT2D eigenvalue weighted by molar-refractivity contribution is -0.126. The van der Waals surface area contributed by atoms with E-state index in [1.54, 1.807) is 30.2 Å². The lowest BCUT2D eigenvalue weighted by Crippen LogP contribution is -2.49. The third-order valence-electron chi connectivity index (χ3n) is 4.92. The van der Waals surface area contributed by atoms with Crippen molar-refractivity contribution in [2.45, 2.75) is 6.92 Å². The number of methoxy groups -OCH3 is 1. The van der Waals surface area contributed by atoms with Crippen LogP contribution in [0, 0.1) is 11.3 Å². The summed E-state index contributed by atoms with van der Waals surface area (Å²) in [5, 5.41) is 9.63. The minimum absolute atomic E-state index is 0.0927. The van der Waals surface area contributed by atoms with Crippen LogP contribution in [0.3, 0.4) is 0 Å². The van der Waals surface area contributed by atoms with Gasteiger partial charge in [0.05, 0.1) is 13.7 Å². The quantitative estimate of drug-likeness (QED) is 0.470. The number of carbonyl (C=O) groups excluding carboxylic acids is 1. The molecule has 156 valence electrons. The van der Waals surface area contributed by atoms with Gasteiger partial charge in [-0.1, -0.05) is 34.1 Å². The Balaban J connectivity index is 1.75. The molecule has 6 nitrogen and oxygen atoms in total. The summed E-state index contributed by atoms with van der Waals surface area (Å²) in [4.78, 5) is 16.9. The number of hydrogen-bond donors (Lipinski definition) is 0. The van der Waals surface area contributed by atoms with Crippen LogP contribution in [-0.2, 0) is 4.79 Å². The fourth-order valence-corrected chi connectivity index (χ4v) is 3.80. The number of nitrogens with zero attached hydrogens (tertiary/aromatic N) is 3. The summed E-state index contributed by atoms with van der Waals surface area (Å²) in [6.07, 6.45) is 1.59. The Morgan fingerprint density at radius 1 is 1.17 bits per heavy atom. The van der Waals surface area contributed by atoms with Gasteiger partial charge in [0.25, 0.3) is 5.91 Å². The molecule has 7 heteroatoms. The summed E-state index contributed by atoms with van der Waals surface area (Å²) in [5.74, 6) is 0.892. The summed E-state index contributed by atoms with van der Waals surface area (Å²) >= 11 is 3.50. The molecule has 2 aromatic carbocycles. The first-order valence-electron chi connectivity index (χ1n) is 9.78. The van der Waals surface area contributed by atoms with Gasteiger partial charge < -0.3 is 19.3 Å². The van der Waals surface area contributed by atoms with Gasteiger partial charge in [0.15, 0.2) is 11.5 Å². The molecule has 0 bridgehead atoms. The van der Waals surface area contributed by atoms with Crippen molar-refractivity contribution in [2.75, 3.05) is 44.8 Å². The molecule has 1 saturated heterocycles. The van der Waals surface area contributed by atoms with Gasteiger partial charge in [0, 0.05) is 36.3 Å². The molecule has 0 aromatic heterocycles. The molecule has 0 atom stereocenters. The van der Waals surface area contributed by atoms with Crippen molar-refractivity contribution >= 4 is 33.6 Å². The first kappa shape index (κ1) is 21.7. The van der Waals surface area contributed by atoms with E-state index in [9.17, 15) is 10.1 Å². The smallest absolute Gasteiger partial charge is 0.264 e. The number of piperazine rings is 1. The number of amides is 1. The van der Waals surface area contributed by atoms with Gasteiger partial charge in [-0.05, 0) is 42.8 Å². The SMILES string of the molecule is CCOc1cc(Br)c(/C=C(/C#N)C(=O)N2CCN(c3ccccc3)CC2)cc1OC. The zero-order valence-electron chi connectivity index (χ0n) is 17.1. The third-order valence-corrected chi connectivity index (χ3v) is 5.61. The summed E-state index contributed by atoms with van der Waals surface area (Å²) in [6, 6.07) is 15.7. The Kier molecular flexibility index (Phi) is 7.36. The molecule has 0 spiro atoms. The minimum atomic E-state index is -0.259. The van der Waals surface area contributed by atoms with E-state index in [4.69, 9.17) is 9.47 Å². The highest BCUT2D eigenvalue weighted by Gasteiger charge is 2.24. The van der Waals surface area contributed by atoms with E-state index in [0.717, 1.165) is 23.2 Å². The van der Waals surface area contributed by atoms with Crippen LogP contribution in [0.4, 0.5) is 5.69 Å². The Bertz CT molecular complexity index is 962. The minimum Gasteiger partial charge on any atom is -0.493 e. The average Bonchev–Trinajstić information content (AvgIpc) is 2.79. The van der Waals surface area contributed by atoms with Crippen molar-refractivity contribution in [2.24, 2.45) is 0 Å². The Morgan fingerprint density at radius 2 is 1.87 bits per heavy atom. The molecule has 3 rings (SSSR count). The zero-order chi connectivity index (χ0) is 21.5. The highest BCUT2D eigenvalue weighted by atomic mass is 79.9. The molecule has 0 radical (unpaired) electrons. The Morgan fingerprint density at radius 3 is 2.47 bits per heavy atom. The van der Waals surface area contributed by atoms with Crippen molar-refractivity contribution < 1.29 is 14.3 Å². The van der Waals surface area contributed by atoms with E-state index in [-0.39, 0.29) is 11.5 Å². The van der Waals surface area contributed by atoms with Crippen molar-refractivity contribution in [3.63, 3.8) is 0 Å². The fourth-order valence-electron chi connectivity index (χ4n) is 3.36. The maximum atomic E-state index is 13.0. The molecular formula is C23H24BrN3O3. The standard InChI is InChI=1S/C23H24BrN3O3/c1-3-30-22-15-20(24)17(14-21(22)29-2)13-18(16-25)23(28)27-11-9-26(10-12-27)19-7-5-4-6-8-19/h4-8,13-15H,3,9-12H2,1-2H3/b18-13-. The summed E-state index contributed by atoms with van der Waals surface area (Å²) in [6.45, 7) is 5.01. The van der Waals surface area contributed by atoms with Gasteiger partial charge in [-0.2, -0.15) is 5.26 Å². The van der Waals surface area contributed by atoms with Crippen molar-refractivity contribution in [1.82, 2.24) is 4.90 Å². The molecule has 1 heterocycles. The molecule has 1 aliphatic rings. The number of halogens is 1. The molecule has 1 amide bonds. The topological polar surface area (TPSA) is 65.8 Å². The van der Waals surface area contributed by atoms with Gasteiger partial charge >= 0.3 is 0 Å². The van der Waals surface area contributed by atoms with E-state index < -0.39 is 0 Å². The van der Waals surface area contributed by atoms with Gasteiger partial charge in [-0.25, -0.2) is 0 Å². The van der Waals surface area contributed by atoms with E-state index in [1.807, 2.05) is 25.1 Å². The molecule has 0 aliphatic carbocycles. The second-order valence-electron chi connectivity index (χ2n) is 6.74. The Hall–Kier alpha value is -2.98.